The Kier molecular flexibility index (Phi) is 6.91. The first-order valence-electron chi connectivity index (χ1n) is 9.11. The summed E-state index contributed by atoms with van der Waals surface area (Å²) in [6, 6.07) is 15.3. The fourth-order valence-electron chi connectivity index (χ4n) is 3.45. The molecule has 0 aromatic heterocycles. The number of hydrogen-bond donors (Lipinski definition) is 1. The Morgan fingerprint density at radius 3 is 2.46 bits per heavy atom. The molecule has 1 aliphatic heterocycles. The lowest BCUT2D eigenvalue weighted by molar-refractivity contribution is 0.0533. The van der Waals surface area contributed by atoms with Crippen LogP contribution in [0.4, 0.5) is 0 Å². The van der Waals surface area contributed by atoms with E-state index in [9.17, 15) is 13.2 Å². The van der Waals surface area contributed by atoms with Crippen molar-refractivity contribution in [1.82, 2.24) is 4.90 Å². The molecule has 28 heavy (non-hydrogen) atoms. The Bertz CT molecular complexity index is 930. The fourth-order valence-corrected chi connectivity index (χ4v) is 4.81. The molecule has 0 aliphatic carbocycles. The standard InChI is InChI=1S/C21H26N2O3S.ClH/c1-21(2)15-23(12-11-19(21)22)20(24)17-8-6-7-16(13-17)14-27(25,26)18-9-4-3-5-10-18;/h3-10,13,19H,11-12,14-15,22H2,1-2H3;1H. The Balaban J connectivity index is 0.00000280. The van der Waals surface area contributed by atoms with Crippen LogP contribution in [0.5, 0.6) is 0 Å². The maximum absolute atomic E-state index is 12.9. The summed E-state index contributed by atoms with van der Waals surface area (Å²) >= 11 is 0. The summed E-state index contributed by atoms with van der Waals surface area (Å²) in [4.78, 5) is 15.0. The van der Waals surface area contributed by atoms with Crippen LogP contribution in [0.3, 0.4) is 0 Å². The van der Waals surface area contributed by atoms with E-state index in [4.69, 9.17) is 5.73 Å². The smallest absolute Gasteiger partial charge is 0.253 e. The van der Waals surface area contributed by atoms with Crippen LogP contribution in [0.15, 0.2) is 59.5 Å². The molecule has 1 unspecified atom stereocenters. The number of carbonyl (C=O) groups is 1. The van der Waals surface area contributed by atoms with Gasteiger partial charge in [-0.1, -0.05) is 44.2 Å². The minimum Gasteiger partial charge on any atom is -0.338 e. The van der Waals surface area contributed by atoms with Gasteiger partial charge in [-0.15, -0.1) is 12.4 Å². The first kappa shape index (κ1) is 22.4. The number of piperidine rings is 1. The number of carbonyl (C=O) groups excluding carboxylic acids is 1. The van der Waals surface area contributed by atoms with Crippen molar-refractivity contribution in [2.24, 2.45) is 11.1 Å². The first-order chi connectivity index (χ1) is 12.7. The molecule has 2 aromatic carbocycles. The quantitative estimate of drug-likeness (QED) is 0.819. The Morgan fingerprint density at radius 2 is 1.82 bits per heavy atom. The van der Waals surface area contributed by atoms with Crippen molar-refractivity contribution in [3.8, 4) is 0 Å². The van der Waals surface area contributed by atoms with Crippen LogP contribution < -0.4 is 5.73 Å². The van der Waals surface area contributed by atoms with Crippen molar-refractivity contribution in [1.29, 1.82) is 0 Å². The summed E-state index contributed by atoms with van der Waals surface area (Å²) < 4.78 is 25.2. The Hall–Kier alpha value is -1.89. The van der Waals surface area contributed by atoms with E-state index in [-0.39, 0.29) is 40.4 Å². The van der Waals surface area contributed by atoms with Crippen molar-refractivity contribution < 1.29 is 13.2 Å². The number of sulfone groups is 1. The largest absolute Gasteiger partial charge is 0.338 e. The third-order valence-corrected chi connectivity index (χ3v) is 6.94. The predicted octanol–water partition coefficient (Wildman–Crippen LogP) is 3.28. The number of nitrogens with two attached hydrogens (primary N) is 1. The van der Waals surface area contributed by atoms with E-state index in [0.29, 0.717) is 24.2 Å². The van der Waals surface area contributed by atoms with Crippen molar-refractivity contribution in [2.45, 2.75) is 37.0 Å². The number of likely N-dealkylation sites (tertiary alicyclic amines) is 1. The van der Waals surface area contributed by atoms with Gasteiger partial charge < -0.3 is 10.6 Å². The van der Waals surface area contributed by atoms with Crippen molar-refractivity contribution in [2.75, 3.05) is 13.1 Å². The van der Waals surface area contributed by atoms with Crippen molar-refractivity contribution in [3.63, 3.8) is 0 Å². The van der Waals surface area contributed by atoms with E-state index in [1.807, 2.05) is 4.90 Å². The van der Waals surface area contributed by atoms with Crippen molar-refractivity contribution in [3.05, 3.63) is 65.7 Å². The Labute approximate surface area is 173 Å². The van der Waals surface area contributed by atoms with Gasteiger partial charge in [-0.3, -0.25) is 4.79 Å². The average molecular weight is 423 g/mol. The zero-order chi connectivity index (χ0) is 19.7. The molecule has 2 N–H and O–H groups in total. The minimum absolute atomic E-state index is 0. The predicted molar refractivity (Wildman–Crippen MR) is 113 cm³/mol. The molecule has 3 rings (SSSR count). The van der Waals surface area contributed by atoms with E-state index >= 15 is 0 Å². The first-order valence-corrected chi connectivity index (χ1v) is 10.8. The van der Waals surface area contributed by atoms with Crippen LogP contribution >= 0.6 is 12.4 Å². The number of nitrogens with zero attached hydrogens (tertiary/aromatic N) is 1. The molecule has 2 aromatic rings. The summed E-state index contributed by atoms with van der Waals surface area (Å²) in [5.41, 5.74) is 7.15. The monoisotopic (exact) mass is 422 g/mol. The second-order valence-electron chi connectivity index (χ2n) is 7.88. The highest BCUT2D eigenvalue weighted by molar-refractivity contribution is 7.90. The van der Waals surface area contributed by atoms with Gasteiger partial charge in [0, 0.05) is 24.7 Å². The van der Waals surface area contributed by atoms with Gasteiger partial charge in [0.25, 0.3) is 5.91 Å². The van der Waals surface area contributed by atoms with Gasteiger partial charge in [0.05, 0.1) is 10.6 Å². The highest BCUT2D eigenvalue weighted by Crippen LogP contribution is 2.28. The van der Waals surface area contributed by atoms with Gasteiger partial charge in [-0.05, 0) is 41.7 Å². The molecular weight excluding hydrogens is 396 g/mol. The van der Waals surface area contributed by atoms with Crippen LogP contribution in [-0.4, -0.2) is 38.4 Å². The molecule has 1 saturated heterocycles. The van der Waals surface area contributed by atoms with E-state index < -0.39 is 9.84 Å². The molecule has 1 heterocycles. The summed E-state index contributed by atoms with van der Waals surface area (Å²) in [5.74, 6) is -0.206. The lowest BCUT2D eigenvalue weighted by atomic mass is 9.79. The van der Waals surface area contributed by atoms with Gasteiger partial charge in [0.2, 0.25) is 0 Å². The van der Waals surface area contributed by atoms with Gasteiger partial charge in [0.15, 0.2) is 9.84 Å². The molecule has 1 aliphatic rings. The van der Waals surface area contributed by atoms with E-state index in [1.165, 1.54) is 0 Å². The zero-order valence-corrected chi connectivity index (χ0v) is 17.8. The van der Waals surface area contributed by atoms with E-state index in [2.05, 4.69) is 13.8 Å². The summed E-state index contributed by atoms with van der Waals surface area (Å²) in [5, 5.41) is 0. The summed E-state index contributed by atoms with van der Waals surface area (Å²) in [6.45, 7) is 5.36. The SMILES string of the molecule is CC1(C)CN(C(=O)c2cccc(CS(=O)(=O)c3ccccc3)c2)CCC1N.Cl. The molecule has 7 heteroatoms. The van der Waals surface area contributed by atoms with Gasteiger partial charge in [0.1, 0.15) is 0 Å². The fraction of sp³-hybridized carbons (Fsp3) is 0.381. The highest BCUT2D eigenvalue weighted by atomic mass is 35.5. The lowest BCUT2D eigenvalue weighted by Crippen LogP contribution is -2.54. The van der Waals surface area contributed by atoms with Crippen LogP contribution in [0.25, 0.3) is 0 Å². The third-order valence-electron chi connectivity index (χ3n) is 5.23. The maximum Gasteiger partial charge on any atom is 0.253 e. The summed E-state index contributed by atoms with van der Waals surface area (Å²) in [6.07, 6.45) is 0.765. The van der Waals surface area contributed by atoms with Crippen LogP contribution in [0, 0.1) is 5.41 Å². The second kappa shape index (κ2) is 8.64. The van der Waals surface area contributed by atoms with Gasteiger partial charge >= 0.3 is 0 Å². The molecular formula is C21H27ClN2O3S. The van der Waals surface area contributed by atoms with E-state index in [1.54, 1.807) is 54.6 Å². The van der Waals surface area contributed by atoms with Crippen LogP contribution in [0.2, 0.25) is 0 Å². The number of halogens is 1. The number of hydrogen-bond acceptors (Lipinski definition) is 4. The molecule has 152 valence electrons. The lowest BCUT2D eigenvalue weighted by Gasteiger charge is -2.42. The van der Waals surface area contributed by atoms with Gasteiger partial charge in [-0.2, -0.15) is 0 Å². The zero-order valence-electron chi connectivity index (χ0n) is 16.2. The average Bonchev–Trinajstić information content (AvgIpc) is 2.64. The highest BCUT2D eigenvalue weighted by Gasteiger charge is 2.35. The maximum atomic E-state index is 12.9. The normalized spacial score (nSPS) is 19.0. The third kappa shape index (κ3) is 4.93. The molecule has 0 saturated carbocycles. The van der Waals surface area contributed by atoms with Crippen LogP contribution in [0.1, 0.15) is 36.2 Å². The number of rotatable bonds is 4. The molecule has 0 spiro atoms. The Morgan fingerprint density at radius 1 is 1.14 bits per heavy atom. The summed E-state index contributed by atoms with van der Waals surface area (Å²) in [7, 11) is -3.45. The van der Waals surface area contributed by atoms with Crippen LogP contribution in [-0.2, 0) is 15.6 Å². The van der Waals surface area contributed by atoms with Gasteiger partial charge in [-0.25, -0.2) is 8.42 Å². The van der Waals surface area contributed by atoms with Crippen molar-refractivity contribution >= 4 is 28.2 Å². The topological polar surface area (TPSA) is 80.5 Å². The molecule has 1 atom stereocenters. The van der Waals surface area contributed by atoms with E-state index in [0.717, 1.165) is 6.42 Å². The molecule has 5 nitrogen and oxygen atoms in total. The number of benzene rings is 2. The molecule has 1 fully saturated rings. The molecule has 0 radical (unpaired) electrons. The molecule has 1 amide bonds. The minimum atomic E-state index is -3.45. The second-order valence-corrected chi connectivity index (χ2v) is 9.87. The molecule has 0 bridgehead atoms. The number of amides is 1.